The van der Waals surface area contributed by atoms with Crippen molar-refractivity contribution in [2.75, 3.05) is 11.4 Å². The summed E-state index contributed by atoms with van der Waals surface area (Å²) in [7, 11) is 0. The molecule has 0 unspecified atom stereocenters. The molecule has 1 amide bonds. The van der Waals surface area contributed by atoms with E-state index in [4.69, 9.17) is 9.47 Å². The molecule has 3 rings (SSSR count). The number of hydrogen-bond acceptors (Lipinski definition) is 3. The molecule has 0 aliphatic carbocycles. The number of hydrogen-bond donors (Lipinski definition) is 0. The van der Waals surface area contributed by atoms with Gasteiger partial charge >= 0.3 is 6.09 Å². The van der Waals surface area contributed by atoms with Crippen molar-refractivity contribution in [3.8, 4) is 5.75 Å². The third-order valence-electron chi connectivity index (χ3n) is 4.70. The van der Waals surface area contributed by atoms with E-state index in [0.717, 1.165) is 33.3 Å². The van der Waals surface area contributed by atoms with Crippen LogP contribution in [-0.4, -0.2) is 18.2 Å². The number of carbonyl (C=O) groups is 1. The van der Waals surface area contributed by atoms with Crippen LogP contribution in [0.4, 0.5) is 10.5 Å². The standard InChI is InChI=1S/C26H29NO3.C2H6/c1-6-16-27(25(28)30-26(3,4)5)23-17-24(29-18-20-12-8-7-9-13-20)22-15-11-10-14-21(22)19(23)2;1-2/h6-15,17H,1,16,18H2,2-5H3;1-2H3. The van der Waals surface area contributed by atoms with Crippen LogP contribution in [0, 0.1) is 6.92 Å². The number of ether oxygens (including phenoxy) is 2. The third-order valence-corrected chi connectivity index (χ3v) is 4.70. The average Bonchev–Trinajstić information content (AvgIpc) is 2.78. The summed E-state index contributed by atoms with van der Waals surface area (Å²) in [5.41, 5.74) is 2.24. The van der Waals surface area contributed by atoms with E-state index >= 15 is 0 Å². The van der Waals surface area contributed by atoms with Crippen molar-refractivity contribution in [1.82, 2.24) is 0 Å². The van der Waals surface area contributed by atoms with E-state index in [1.54, 1.807) is 11.0 Å². The van der Waals surface area contributed by atoms with Crippen LogP contribution in [0.5, 0.6) is 5.75 Å². The molecule has 0 bridgehead atoms. The largest absolute Gasteiger partial charge is 0.488 e. The van der Waals surface area contributed by atoms with Gasteiger partial charge in [0, 0.05) is 18.0 Å². The van der Waals surface area contributed by atoms with Gasteiger partial charge in [0.2, 0.25) is 0 Å². The van der Waals surface area contributed by atoms with Crippen LogP contribution in [0.2, 0.25) is 0 Å². The Kier molecular flexibility index (Phi) is 8.89. The summed E-state index contributed by atoms with van der Waals surface area (Å²) < 4.78 is 11.8. The maximum Gasteiger partial charge on any atom is 0.415 e. The van der Waals surface area contributed by atoms with Gasteiger partial charge in [-0.3, -0.25) is 4.90 Å². The molecule has 0 atom stereocenters. The van der Waals surface area contributed by atoms with Gasteiger partial charge < -0.3 is 9.47 Å². The molecular weight excluding hydrogens is 398 g/mol. The van der Waals surface area contributed by atoms with E-state index < -0.39 is 11.7 Å². The lowest BCUT2D eigenvalue weighted by molar-refractivity contribution is 0.0584. The van der Waals surface area contributed by atoms with Gasteiger partial charge in [0.25, 0.3) is 0 Å². The van der Waals surface area contributed by atoms with E-state index in [1.807, 2.05) is 102 Å². The quantitative estimate of drug-likeness (QED) is 0.374. The van der Waals surface area contributed by atoms with E-state index in [-0.39, 0.29) is 0 Å². The first-order valence-corrected chi connectivity index (χ1v) is 11.1. The summed E-state index contributed by atoms with van der Waals surface area (Å²) in [6, 6.07) is 20.0. The van der Waals surface area contributed by atoms with Crippen molar-refractivity contribution < 1.29 is 14.3 Å². The van der Waals surface area contributed by atoms with Crippen LogP contribution in [0.15, 0.2) is 73.3 Å². The molecule has 0 heterocycles. The maximum atomic E-state index is 12.9. The zero-order valence-electron chi connectivity index (χ0n) is 20.1. The maximum absolute atomic E-state index is 12.9. The van der Waals surface area contributed by atoms with Crippen LogP contribution in [0.25, 0.3) is 10.8 Å². The van der Waals surface area contributed by atoms with Crippen LogP contribution < -0.4 is 9.64 Å². The minimum absolute atomic E-state index is 0.340. The Bertz CT molecular complexity index is 1040. The number of nitrogens with zero attached hydrogens (tertiary/aromatic N) is 1. The van der Waals surface area contributed by atoms with Crippen molar-refractivity contribution >= 4 is 22.6 Å². The van der Waals surface area contributed by atoms with Gasteiger partial charge in [-0.25, -0.2) is 4.79 Å². The SMILES string of the molecule is C=CCN(C(=O)OC(C)(C)C)c1cc(OCc2ccccc2)c2ccccc2c1C.CC. The number of rotatable bonds is 6. The van der Waals surface area contributed by atoms with Crippen LogP contribution in [0.3, 0.4) is 0 Å². The Labute approximate surface area is 192 Å². The Morgan fingerprint density at radius 2 is 1.59 bits per heavy atom. The fourth-order valence-corrected chi connectivity index (χ4v) is 3.33. The van der Waals surface area contributed by atoms with E-state index in [1.165, 1.54) is 0 Å². The van der Waals surface area contributed by atoms with E-state index in [9.17, 15) is 4.79 Å². The molecule has 0 saturated carbocycles. The lowest BCUT2D eigenvalue weighted by atomic mass is 10.0. The minimum atomic E-state index is -0.589. The molecule has 0 saturated heterocycles. The second-order valence-electron chi connectivity index (χ2n) is 8.22. The number of amides is 1. The summed E-state index contributed by atoms with van der Waals surface area (Å²) >= 11 is 0. The van der Waals surface area contributed by atoms with Gasteiger partial charge in [0.15, 0.2) is 0 Å². The summed E-state index contributed by atoms with van der Waals surface area (Å²) in [5, 5.41) is 2.05. The lowest BCUT2D eigenvalue weighted by Gasteiger charge is -2.28. The van der Waals surface area contributed by atoms with Gasteiger partial charge in [0.1, 0.15) is 18.0 Å². The highest BCUT2D eigenvalue weighted by atomic mass is 16.6. The normalized spacial score (nSPS) is 10.7. The van der Waals surface area contributed by atoms with Crippen molar-refractivity contribution in [1.29, 1.82) is 0 Å². The first-order chi connectivity index (χ1) is 15.3. The molecule has 0 aromatic heterocycles. The second kappa shape index (κ2) is 11.4. The van der Waals surface area contributed by atoms with Gasteiger partial charge in [-0.15, -0.1) is 6.58 Å². The third kappa shape index (κ3) is 6.36. The fourth-order valence-electron chi connectivity index (χ4n) is 3.33. The first kappa shape index (κ1) is 25.0. The topological polar surface area (TPSA) is 38.8 Å². The number of carbonyl (C=O) groups excluding carboxylic acids is 1. The van der Waals surface area contributed by atoms with E-state index in [2.05, 4.69) is 6.58 Å². The van der Waals surface area contributed by atoms with Crippen LogP contribution >= 0.6 is 0 Å². The summed E-state index contributed by atoms with van der Waals surface area (Å²) in [4.78, 5) is 14.5. The number of benzene rings is 3. The zero-order chi connectivity index (χ0) is 23.7. The Morgan fingerprint density at radius 1 is 1.00 bits per heavy atom. The molecule has 0 aliphatic rings. The van der Waals surface area contributed by atoms with Gasteiger partial charge in [0.05, 0.1) is 5.69 Å². The van der Waals surface area contributed by atoms with Gasteiger partial charge in [-0.2, -0.15) is 0 Å². The van der Waals surface area contributed by atoms with Crippen LogP contribution in [-0.2, 0) is 11.3 Å². The van der Waals surface area contributed by atoms with Crippen LogP contribution in [0.1, 0.15) is 45.7 Å². The molecule has 0 radical (unpaired) electrons. The minimum Gasteiger partial charge on any atom is -0.488 e. The molecule has 0 fully saturated rings. The van der Waals surface area contributed by atoms with Crippen molar-refractivity contribution in [2.45, 2.75) is 53.8 Å². The summed E-state index contributed by atoms with van der Waals surface area (Å²) in [6.07, 6.45) is 1.29. The highest BCUT2D eigenvalue weighted by molar-refractivity contribution is 5.99. The predicted molar refractivity (Wildman–Crippen MR) is 135 cm³/mol. The molecular formula is C28H35NO3. The predicted octanol–water partition coefficient (Wildman–Crippen LogP) is 7.68. The van der Waals surface area contributed by atoms with Crippen molar-refractivity contribution in [2.24, 2.45) is 0 Å². The molecule has 0 aliphatic heterocycles. The molecule has 3 aromatic carbocycles. The Balaban J connectivity index is 0.00000176. The smallest absolute Gasteiger partial charge is 0.415 e. The molecule has 170 valence electrons. The highest BCUT2D eigenvalue weighted by Gasteiger charge is 2.25. The Morgan fingerprint density at radius 3 is 2.19 bits per heavy atom. The summed E-state index contributed by atoms with van der Waals surface area (Å²) in [5.74, 6) is 0.729. The molecule has 4 nitrogen and oxygen atoms in total. The molecule has 32 heavy (non-hydrogen) atoms. The Hall–Kier alpha value is -3.27. The fraction of sp³-hybridized carbons (Fsp3) is 0.321. The molecule has 0 N–H and O–H groups in total. The number of anilines is 1. The van der Waals surface area contributed by atoms with Gasteiger partial charge in [-0.1, -0.05) is 74.5 Å². The molecule has 3 aromatic rings. The molecule has 0 spiro atoms. The van der Waals surface area contributed by atoms with Gasteiger partial charge in [-0.05, 0) is 44.2 Å². The summed E-state index contributed by atoms with van der Waals surface area (Å²) in [6.45, 7) is 16.2. The molecule has 4 heteroatoms. The average molecular weight is 434 g/mol. The van der Waals surface area contributed by atoms with Crippen molar-refractivity contribution in [3.63, 3.8) is 0 Å². The monoisotopic (exact) mass is 433 g/mol. The van der Waals surface area contributed by atoms with E-state index in [0.29, 0.717) is 13.2 Å². The second-order valence-corrected chi connectivity index (χ2v) is 8.22. The van der Waals surface area contributed by atoms with Crippen molar-refractivity contribution in [3.05, 3.63) is 84.4 Å². The first-order valence-electron chi connectivity index (χ1n) is 11.1. The number of aryl methyl sites for hydroxylation is 1. The highest BCUT2D eigenvalue weighted by Crippen LogP contribution is 2.37. The number of fused-ring (bicyclic) bond motifs is 1. The lowest BCUT2D eigenvalue weighted by Crippen LogP contribution is -2.37. The zero-order valence-corrected chi connectivity index (χ0v) is 20.1.